The van der Waals surface area contributed by atoms with Crippen molar-refractivity contribution in [2.45, 2.75) is 25.4 Å². The Morgan fingerprint density at radius 1 is 1.27 bits per heavy atom. The standard InChI is InChI=1S/C9H14F3NO.ClH/c1-13-4-2-6(3-5-13)7(10)8(14)9(11)12;/h6-7,9H,2-5H2,1H3;1H. The predicted molar refractivity (Wildman–Crippen MR) is 53.4 cm³/mol. The van der Waals surface area contributed by atoms with E-state index in [1.165, 1.54) is 0 Å². The number of rotatable bonds is 3. The number of alkyl halides is 3. The van der Waals surface area contributed by atoms with Gasteiger partial charge >= 0.3 is 0 Å². The van der Waals surface area contributed by atoms with Crippen molar-refractivity contribution in [2.24, 2.45) is 5.92 Å². The number of carbonyl (C=O) groups excluding carboxylic acids is 1. The van der Waals surface area contributed by atoms with Crippen molar-refractivity contribution in [3.05, 3.63) is 0 Å². The first-order valence-corrected chi connectivity index (χ1v) is 4.67. The largest absolute Gasteiger partial charge is 0.306 e. The van der Waals surface area contributed by atoms with E-state index in [9.17, 15) is 18.0 Å². The van der Waals surface area contributed by atoms with Gasteiger partial charge in [-0.3, -0.25) is 4.79 Å². The van der Waals surface area contributed by atoms with Crippen molar-refractivity contribution in [3.63, 3.8) is 0 Å². The van der Waals surface area contributed by atoms with Crippen molar-refractivity contribution in [3.8, 4) is 0 Å². The lowest BCUT2D eigenvalue weighted by Gasteiger charge is -2.30. The Hall–Kier alpha value is -0.290. The summed E-state index contributed by atoms with van der Waals surface area (Å²) in [6.45, 7) is 1.34. The molecule has 15 heavy (non-hydrogen) atoms. The number of hydrogen-bond donors (Lipinski definition) is 0. The molecule has 90 valence electrons. The normalized spacial score (nSPS) is 21.1. The molecule has 1 fully saturated rings. The van der Waals surface area contributed by atoms with Crippen LogP contribution in [0.15, 0.2) is 0 Å². The molecule has 0 aromatic heterocycles. The fourth-order valence-electron chi connectivity index (χ4n) is 1.67. The van der Waals surface area contributed by atoms with E-state index in [4.69, 9.17) is 0 Å². The van der Waals surface area contributed by atoms with Gasteiger partial charge in [0, 0.05) is 0 Å². The summed E-state index contributed by atoms with van der Waals surface area (Å²) in [6.07, 6.45) is -4.19. The van der Waals surface area contributed by atoms with Gasteiger partial charge in [0.1, 0.15) is 0 Å². The average Bonchev–Trinajstić information content (AvgIpc) is 2.16. The molecule has 0 radical (unpaired) electrons. The first kappa shape index (κ1) is 14.7. The van der Waals surface area contributed by atoms with E-state index in [1.54, 1.807) is 0 Å². The van der Waals surface area contributed by atoms with Crippen LogP contribution in [0, 0.1) is 5.92 Å². The Morgan fingerprint density at radius 2 is 1.73 bits per heavy atom. The van der Waals surface area contributed by atoms with E-state index < -0.39 is 24.3 Å². The number of hydrogen-bond acceptors (Lipinski definition) is 2. The maximum Gasteiger partial charge on any atom is 0.299 e. The zero-order chi connectivity index (χ0) is 10.7. The molecule has 2 nitrogen and oxygen atoms in total. The summed E-state index contributed by atoms with van der Waals surface area (Å²) in [4.78, 5) is 12.7. The monoisotopic (exact) mass is 245 g/mol. The Labute approximate surface area is 93.2 Å². The van der Waals surface area contributed by atoms with Crippen molar-refractivity contribution in [1.82, 2.24) is 4.90 Å². The van der Waals surface area contributed by atoms with Crippen LogP contribution in [0.5, 0.6) is 0 Å². The van der Waals surface area contributed by atoms with Gasteiger partial charge in [-0.15, -0.1) is 12.4 Å². The topological polar surface area (TPSA) is 20.3 Å². The van der Waals surface area contributed by atoms with Crippen LogP contribution in [-0.2, 0) is 4.79 Å². The van der Waals surface area contributed by atoms with Gasteiger partial charge in [0.15, 0.2) is 6.17 Å². The molecule has 0 bridgehead atoms. The van der Waals surface area contributed by atoms with Gasteiger partial charge in [-0.05, 0) is 38.9 Å². The number of nitrogens with zero attached hydrogens (tertiary/aromatic N) is 1. The van der Waals surface area contributed by atoms with Crippen LogP contribution in [0.4, 0.5) is 13.2 Å². The molecule has 6 heteroatoms. The third-order valence-corrected chi connectivity index (χ3v) is 2.66. The van der Waals surface area contributed by atoms with Gasteiger partial charge in [-0.25, -0.2) is 13.2 Å². The first-order chi connectivity index (χ1) is 6.52. The van der Waals surface area contributed by atoms with Gasteiger partial charge in [-0.1, -0.05) is 0 Å². The predicted octanol–water partition coefficient (Wildman–Crippen LogP) is 1.92. The molecule has 1 rings (SSSR count). The second-order valence-corrected chi connectivity index (χ2v) is 3.75. The number of Topliss-reactive ketones (excluding diaryl/α,β-unsaturated/α-hetero) is 1. The smallest absolute Gasteiger partial charge is 0.299 e. The van der Waals surface area contributed by atoms with Crippen molar-refractivity contribution >= 4 is 18.2 Å². The van der Waals surface area contributed by atoms with Gasteiger partial charge in [-0.2, -0.15) is 0 Å². The van der Waals surface area contributed by atoms with Crippen molar-refractivity contribution < 1.29 is 18.0 Å². The molecule has 0 aromatic rings. The minimum Gasteiger partial charge on any atom is -0.306 e. The summed E-state index contributed by atoms with van der Waals surface area (Å²) in [5.41, 5.74) is 0. The lowest BCUT2D eigenvalue weighted by atomic mass is 9.90. The van der Waals surface area contributed by atoms with E-state index in [1.807, 2.05) is 11.9 Å². The molecule has 1 saturated heterocycles. The Kier molecular flexibility index (Phi) is 6.20. The summed E-state index contributed by atoms with van der Waals surface area (Å²) in [5.74, 6) is -2.08. The molecule has 0 saturated carbocycles. The fourth-order valence-corrected chi connectivity index (χ4v) is 1.67. The highest BCUT2D eigenvalue weighted by Gasteiger charge is 2.34. The van der Waals surface area contributed by atoms with E-state index >= 15 is 0 Å². The van der Waals surface area contributed by atoms with Gasteiger partial charge in [0.05, 0.1) is 0 Å². The van der Waals surface area contributed by atoms with Crippen LogP contribution in [0.25, 0.3) is 0 Å². The maximum atomic E-state index is 13.2. The molecule has 0 aromatic carbocycles. The number of likely N-dealkylation sites (tertiary alicyclic amines) is 1. The first-order valence-electron chi connectivity index (χ1n) is 4.67. The SMILES string of the molecule is CN1CCC(C(F)C(=O)C(F)F)CC1.Cl. The summed E-state index contributed by atoms with van der Waals surface area (Å²) in [7, 11) is 1.89. The lowest BCUT2D eigenvalue weighted by Crippen LogP contribution is -2.38. The lowest BCUT2D eigenvalue weighted by molar-refractivity contribution is -0.137. The number of carbonyl (C=O) groups is 1. The van der Waals surface area contributed by atoms with Crippen molar-refractivity contribution in [1.29, 1.82) is 0 Å². The van der Waals surface area contributed by atoms with E-state index in [-0.39, 0.29) is 12.4 Å². The molecule has 0 amide bonds. The molecule has 1 unspecified atom stereocenters. The van der Waals surface area contributed by atoms with E-state index in [0.29, 0.717) is 25.9 Å². The van der Waals surface area contributed by atoms with E-state index in [0.717, 1.165) is 0 Å². The van der Waals surface area contributed by atoms with Crippen LogP contribution >= 0.6 is 12.4 Å². The summed E-state index contributed by atoms with van der Waals surface area (Å²) in [6, 6.07) is 0. The Balaban J connectivity index is 0.00000196. The maximum absolute atomic E-state index is 13.2. The highest BCUT2D eigenvalue weighted by Crippen LogP contribution is 2.24. The molecule has 1 aliphatic rings. The minimum absolute atomic E-state index is 0. The number of halogens is 4. The summed E-state index contributed by atoms with van der Waals surface area (Å²) in [5, 5.41) is 0. The zero-order valence-electron chi connectivity index (χ0n) is 8.46. The van der Waals surface area contributed by atoms with Gasteiger partial charge in [0.2, 0.25) is 5.78 Å². The second-order valence-electron chi connectivity index (χ2n) is 3.75. The Bertz CT molecular complexity index is 208. The third kappa shape index (κ3) is 3.99. The summed E-state index contributed by atoms with van der Waals surface area (Å²) >= 11 is 0. The quantitative estimate of drug-likeness (QED) is 0.757. The fraction of sp³-hybridized carbons (Fsp3) is 0.889. The molecular weight excluding hydrogens is 231 g/mol. The van der Waals surface area contributed by atoms with E-state index in [2.05, 4.69) is 0 Å². The molecule has 1 aliphatic heterocycles. The Morgan fingerprint density at radius 3 is 2.13 bits per heavy atom. The molecule has 0 N–H and O–H groups in total. The second kappa shape index (κ2) is 6.33. The van der Waals surface area contributed by atoms with Gasteiger partial charge < -0.3 is 4.90 Å². The van der Waals surface area contributed by atoms with Gasteiger partial charge in [0.25, 0.3) is 6.43 Å². The molecule has 1 atom stereocenters. The minimum atomic E-state index is -3.18. The van der Waals surface area contributed by atoms with Crippen LogP contribution in [0.1, 0.15) is 12.8 Å². The molecule has 1 heterocycles. The van der Waals surface area contributed by atoms with Crippen LogP contribution in [0.2, 0.25) is 0 Å². The summed E-state index contributed by atoms with van der Waals surface area (Å²) < 4.78 is 37.0. The molecular formula is C9H15ClF3NO. The zero-order valence-corrected chi connectivity index (χ0v) is 9.27. The van der Waals surface area contributed by atoms with Crippen molar-refractivity contribution in [2.75, 3.05) is 20.1 Å². The molecule has 0 aliphatic carbocycles. The third-order valence-electron chi connectivity index (χ3n) is 2.66. The van der Waals surface area contributed by atoms with Crippen LogP contribution in [0.3, 0.4) is 0 Å². The number of piperidine rings is 1. The van der Waals surface area contributed by atoms with Crippen LogP contribution < -0.4 is 0 Å². The molecule has 0 spiro atoms. The van der Waals surface area contributed by atoms with Crippen LogP contribution in [-0.4, -0.2) is 43.4 Å². The average molecular weight is 246 g/mol. The highest BCUT2D eigenvalue weighted by atomic mass is 35.5. The number of ketones is 1. The highest BCUT2D eigenvalue weighted by molar-refractivity contribution is 5.86.